The predicted octanol–water partition coefficient (Wildman–Crippen LogP) is 3.09. The maximum atomic E-state index is 13.6. The molecule has 182 valence electrons. The molecule has 1 fully saturated rings. The number of fused-ring (bicyclic) bond motifs is 4. The van der Waals surface area contributed by atoms with E-state index in [1.807, 2.05) is 6.92 Å². The second-order valence-corrected chi connectivity index (χ2v) is 9.38. The van der Waals surface area contributed by atoms with Crippen LogP contribution in [0, 0.1) is 12.8 Å². The summed E-state index contributed by atoms with van der Waals surface area (Å²) in [7, 11) is 1.78. The molecule has 0 radical (unpaired) electrons. The summed E-state index contributed by atoms with van der Waals surface area (Å²) in [5, 5.41) is 46.5. The van der Waals surface area contributed by atoms with Gasteiger partial charge in [-0.1, -0.05) is 18.2 Å². The first-order valence-electron chi connectivity index (χ1n) is 11.6. The predicted molar refractivity (Wildman–Crippen MR) is 128 cm³/mol. The van der Waals surface area contributed by atoms with Crippen molar-refractivity contribution in [2.45, 2.75) is 38.5 Å². The van der Waals surface area contributed by atoms with Gasteiger partial charge in [0.25, 0.3) is 0 Å². The fourth-order valence-electron chi connectivity index (χ4n) is 5.69. The molecule has 4 atom stereocenters. The van der Waals surface area contributed by atoms with Gasteiger partial charge in [0.1, 0.15) is 17.2 Å². The third kappa shape index (κ3) is 3.32. The molecule has 8 heteroatoms. The summed E-state index contributed by atoms with van der Waals surface area (Å²) >= 11 is 0. The molecule has 8 nitrogen and oxygen atoms in total. The second-order valence-electron chi connectivity index (χ2n) is 9.38. The molecule has 5 N–H and O–H groups in total. The maximum absolute atomic E-state index is 13.6. The van der Waals surface area contributed by atoms with Crippen molar-refractivity contribution in [3.05, 3.63) is 63.7 Å². The van der Waals surface area contributed by atoms with E-state index in [0.29, 0.717) is 22.9 Å². The van der Waals surface area contributed by atoms with Crippen molar-refractivity contribution in [1.82, 2.24) is 5.32 Å². The summed E-state index contributed by atoms with van der Waals surface area (Å²) in [5.74, 6) is -2.39. The largest absolute Gasteiger partial charge is 0.507 e. The van der Waals surface area contributed by atoms with Crippen molar-refractivity contribution in [3.8, 4) is 17.2 Å². The van der Waals surface area contributed by atoms with Crippen LogP contribution in [0.1, 0.15) is 62.4 Å². The van der Waals surface area contributed by atoms with Crippen molar-refractivity contribution in [2.75, 3.05) is 13.7 Å². The monoisotopic (exact) mass is 477 g/mol. The highest BCUT2D eigenvalue weighted by Crippen LogP contribution is 2.50. The molecule has 1 aliphatic heterocycles. The Morgan fingerprint density at radius 2 is 1.77 bits per heavy atom. The van der Waals surface area contributed by atoms with E-state index >= 15 is 0 Å². The lowest BCUT2D eigenvalue weighted by molar-refractivity contribution is -0.101. The molecular weight excluding hydrogens is 450 g/mol. The number of nitrogens with one attached hydrogen (secondary N) is 1. The van der Waals surface area contributed by atoms with Gasteiger partial charge in [0.2, 0.25) is 5.78 Å². The minimum absolute atomic E-state index is 0.0134. The van der Waals surface area contributed by atoms with Gasteiger partial charge >= 0.3 is 0 Å². The Morgan fingerprint density at radius 3 is 2.46 bits per heavy atom. The van der Waals surface area contributed by atoms with Crippen molar-refractivity contribution >= 4 is 22.3 Å². The number of phenolic OH excluding ortho intramolecular Hbond substituents is 3. The Kier molecular flexibility index (Phi) is 5.55. The quantitative estimate of drug-likeness (QED) is 0.304. The number of benzene rings is 3. The molecule has 0 spiro atoms. The van der Waals surface area contributed by atoms with Crippen LogP contribution in [-0.4, -0.2) is 57.8 Å². The summed E-state index contributed by atoms with van der Waals surface area (Å²) < 4.78 is 6.24. The minimum Gasteiger partial charge on any atom is -0.507 e. The summed E-state index contributed by atoms with van der Waals surface area (Å²) in [6, 6.07) is 7.34. The van der Waals surface area contributed by atoms with Gasteiger partial charge in [0.15, 0.2) is 5.78 Å². The Balaban J connectivity index is 1.84. The minimum atomic E-state index is -0.699. The van der Waals surface area contributed by atoms with E-state index in [4.69, 9.17) is 4.74 Å². The van der Waals surface area contributed by atoms with Crippen LogP contribution in [-0.2, 0) is 4.74 Å². The summed E-state index contributed by atoms with van der Waals surface area (Å²) in [6.45, 7) is 3.53. The highest BCUT2D eigenvalue weighted by atomic mass is 16.5. The number of hydrogen-bond acceptors (Lipinski definition) is 8. The number of rotatable bonds is 3. The van der Waals surface area contributed by atoms with Crippen LogP contribution < -0.4 is 5.32 Å². The van der Waals surface area contributed by atoms with Crippen LogP contribution in [0.5, 0.6) is 17.2 Å². The van der Waals surface area contributed by atoms with Crippen LogP contribution in [0.2, 0.25) is 0 Å². The van der Waals surface area contributed by atoms with Gasteiger partial charge in [-0.05, 0) is 50.4 Å². The zero-order valence-corrected chi connectivity index (χ0v) is 19.6. The Labute approximate surface area is 201 Å². The fraction of sp³-hybridized carbons (Fsp3) is 0.333. The molecule has 1 saturated heterocycles. The van der Waals surface area contributed by atoms with E-state index in [9.17, 15) is 30.0 Å². The lowest BCUT2D eigenvalue weighted by Gasteiger charge is -2.41. The van der Waals surface area contributed by atoms with Gasteiger partial charge < -0.3 is 30.5 Å². The summed E-state index contributed by atoms with van der Waals surface area (Å²) in [4.78, 5) is 27.2. The molecule has 1 heterocycles. The number of aromatic hydroxyl groups is 3. The number of carbonyl (C=O) groups is 2. The molecule has 2 aliphatic rings. The van der Waals surface area contributed by atoms with E-state index in [1.54, 1.807) is 20.0 Å². The van der Waals surface area contributed by atoms with Crippen molar-refractivity contribution in [2.24, 2.45) is 5.92 Å². The molecular formula is C27H27NO7. The SMILES string of the molecule is CN[C@@H]1C[C@H](c2c(O)c3c(c4c(O)cc(C)cc24)C(=O)c2cccc(O)c2C3=O)O[C@H](C)[C@@H]1CO. The van der Waals surface area contributed by atoms with Gasteiger partial charge in [0.05, 0.1) is 23.3 Å². The zero-order valence-electron chi connectivity index (χ0n) is 19.6. The number of carbonyl (C=O) groups excluding carboxylic acids is 2. The Morgan fingerprint density at radius 1 is 1.03 bits per heavy atom. The number of aryl methyl sites for hydroxylation is 1. The van der Waals surface area contributed by atoms with Gasteiger partial charge in [-0.25, -0.2) is 0 Å². The number of ether oxygens (including phenoxy) is 1. The molecule has 35 heavy (non-hydrogen) atoms. The number of ketones is 2. The van der Waals surface area contributed by atoms with Crippen LogP contribution in [0.25, 0.3) is 10.8 Å². The third-order valence-corrected chi connectivity index (χ3v) is 7.38. The average Bonchev–Trinajstić information content (AvgIpc) is 2.81. The molecule has 5 rings (SSSR count). The van der Waals surface area contributed by atoms with E-state index < -0.39 is 23.4 Å². The average molecular weight is 478 g/mol. The second kappa shape index (κ2) is 8.34. The standard InChI is InChI=1S/C27H27NO7/c1-11-7-14-20(18(31)8-11)23-24(26(33)21-13(25(23)32)5-4-6-17(21)30)27(34)22(14)19-9-16(28-3)15(10-29)12(2)35-19/h4-8,12,15-16,19,28-31,34H,9-10H2,1-3H3/t12-,15+,16-,19-/m1/s1. The number of phenols is 3. The first-order valence-corrected chi connectivity index (χ1v) is 11.6. The molecule has 3 aromatic carbocycles. The van der Waals surface area contributed by atoms with Crippen LogP contribution in [0.4, 0.5) is 0 Å². The molecule has 0 bridgehead atoms. The Bertz CT molecular complexity index is 1400. The fourth-order valence-corrected chi connectivity index (χ4v) is 5.69. The molecule has 0 aromatic heterocycles. The van der Waals surface area contributed by atoms with E-state index in [2.05, 4.69) is 5.32 Å². The highest BCUT2D eigenvalue weighted by Gasteiger charge is 2.42. The maximum Gasteiger partial charge on any atom is 0.202 e. The van der Waals surface area contributed by atoms with E-state index in [-0.39, 0.29) is 63.8 Å². The molecule has 0 amide bonds. The van der Waals surface area contributed by atoms with Gasteiger partial charge in [-0.2, -0.15) is 0 Å². The van der Waals surface area contributed by atoms with Gasteiger partial charge in [-0.3, -0.25) is 9.59 Å². The number of aliphatic hydroxyl groups is 1. The van der Waals surface area contributed by atoms with Crippen molar-refractivity contribution in [1.29, 1.82) is 0 Å². The Hall–Kier alpha value is -3.46. The van der Waals surface area contributed by atoms with Crippen LogP contribution in [0.15, 0.2) is 30.3 Å². The lowest BCUT2D eigenvalue weighted by atomic mass is 9.77. The number of hydrogen-bond donors (Lipinski definition) is 5. The van der Waals surface area contributed by atoms with E-state index in [0.717, 1.165) is 0 Å². The normalized spacial score (nSPS) is 23.9. The highest BCUT2D eigenvalue weighted by molar-refractivity contribution is 6.34. The van der Waals surface area contributed by atoms with Gasteiger partial charge in [0, 0.05) is 40.6 Å². The topological polar surface area (TPSA) is 136 Å². The van der Waals surface area contributed by atoms with Crippen molar-refractivity contribution < 1.29 is 34.8 Å². The van der Waals surface area contributed by atoms with Crippen molar-refractivity contribution in [3.63, 3.8) is 0 Å². The summed E-state index contributed by atoms with van der Waals surface area (Å²) in [6.07, 6.45) is -0.679. The molecule has 1 aliphatic carbocycles. The zero-order chi connectivity index (χ0) is 25.2. The summed E-state index contributed by atoms with van der Waals surface area (Å²) in [5.41, 5.74) is 0.478. The molecule has 3 aromatic rings. The smallest absolute Gasteiger partial charge is 0.202 e. The molecule has 0 saturated carbocycles. The third-order valence-electron chi connectivity index (χ3n) is 7.38. The van der Waals surface area contributed by atoms with Crippen LogP contribution >= 0.6 is 0 Å². The first kappa shape index (κ1) is 23.3. The van der Waals surface area contributed by atoms with Gasteiger partial charge in [-0.15, -0.1) is 0 Å². The van der Waals surface area contributed by atoms with Crippen LogP contribution in [0.3, 0.4) is 0 Å². The first-order chi connectivity index (χ1) is 16.7. The molecule has 0 unspecified atom stereocenters. The number of aliphatic hydroxyl groups excluding tert-OH is 1. The lowest BCUT2D eigenvalue weighted by Crippen LogP contribution is -2.47. The van der Waals surface area contributed by atoms with E-state index in [1.165, 1.54) is 24.3 Å².